The first kappa shape index (κ1) is 40.2. The van der Waals surface area contributed by atoms with Crippen LogP contribution in [0.1, 0.15) is 82.9 Å². The quantitative estimate of drug-likeness (QED) is 0.0931. The van der Waals surface area contributed by atoms with Gasteiger partial charge < -0.3 is 28.6 Å². The smallest absolute Gasteiger partial charge is 0.351 e. The van der Waals surface area contributed by atoms with Gasteiger partial charge in [-0.05, 0) is 52.3 Å². The van der Waals surface area contributed by atoms with Crippen LogP contribution in [-0.4, -0.2) is 57.6 Å². The van der Waals surface area contributed by atoms with Crippen LogP contribution < -0.4 is 15.7 Å². The second-order valence-electron chi connectivity index (χ2n) is 14.6. The van der Waals surface area contributed by atoms with Crippen LogP contribution in [0, 0.1) is 24.2 Å². The molecular formula is C42H50N5O7P. The van der Waals surface area contributed by atoms with Crippen LogP contribution in [0.4, 0.5) is 5.82 Å². The predicted molar refractivity (Wildman–Crippen MR) is 211 cm³/mol. The standard InChI is InChI=1S/C42H50N5O7P/c1-27(2)40(48)44-39-30(7)25-46(41(49)45-39)38-24-36(37(53-38)26-51-55(50-23-15-22-43)47(28(3)4)29(5)6)54-42(31-16-9-8-10-17-31)32-18-11-13-20-34(32)52-35-21-14-12-19-33(35)42/h8-14,16-21,25,27-29,36-38H,15,23-24,26H2,1-7H3,(H,44,45,48,49)/t36-,37+,38+,55?/m0/s1. The van der Waals surface area contributed by atoms with Gasteiger partial charge in [0.2, 0.25) is 5.91 Å². The maximum atomic E-state index is 13.7. The van der Waals surface area contributed by atoms with Gasteiger partial charge >= 0.3 is 5.69 Å². The molecule has 2 aliphatic heterocycles. The predicted octanol–water partition coefficient (Wildman–Crippen LogP) is 8.21. The highest BCUT2D eigenvalue weighted by atomic mass is 31.2. The molecule has 0 radical (unpaired) electrons. The molecule has 1 aromatic heterocycles. The highest BCUT2D eigenvalue weighted by Crippen LogP contribution is 2.54. The van der Waals surface area contributed by atoms with Gasteiger partial charge in [0.1, 0.15) is 29.6 Å². The molecule has 13 heteroatoms. The monoisotopic (exact) mass is 767 g/mol. The molecule has 290 valence electrons. The van der Waals surface area contributed by atoms with Crippen molar-refractivity contribution in [3.05, 3.63) is 118 Å². The number of para-hydroxylation sites is 2. The summed E-state index contributed by atoms with van der Waals surface area (Å²) in [6.07, 6.45) is 0.0911. The number of anilines is 1. The Morgan fingerprint density at radius 1 is 0.982 bits per heavy atom. The number of carbonyl (C=O) groups excluding carboxylic acids is 1. The van der Waals surface area contributed by atoms with Crippen LogP contribution in [0.25, 0.3) is 0 Å². The zero-order valence-electron chi connectivity index (χ0n) is 32.5. The lowest BCUT2D eigenvalue weighted by Crippen LogP contribution is -2.42. The molecule has 55 heavy (non-hydrogen) atoms. The summed E-state index contributed by atoms with van der Waals surface area (Å²) >= 11 is 0. The zero-order chi connectivity index (χ0) is 39.3. The molecule has 1 fully saturated rings. The summed E-state index contributed by atoms with van der Waals surface area (Å²) in [5.74, 6) is 1.04. The van der Waals surface area contributed by atoms with E-state index in [1.165, 1.54) is 4.57 Å². The van der Waals surface area contributed by atoms with Crippen molar-refractivity contribution in [3.8, 4) is 17.6 Å². The Morgan fingerprint density at radius 2 is 1.60 bits per heavy atom. The number of benzene rings is 3. The Labute approximate surface area is 324 Å². The van der Waals surface area contributed by atoms with Gasteiger partial charge in [-0.3, -0.25) is 9.36 Å². The summed E-state index contributed by atoms with van der Waals surface area (Å²) < 4.78 is 37.3. The molecule has 1 amide bonds. The average molecular weight is 768 g/mol. The average Bonchev–Trinajstić information content (AvgIpc) is 3.56. The van der Waals surface area contributed by atoms with E-state index in [4.69, 9.17) is 23.3 Å². The molecule has 1 unspecified atom stereocenters. The SMILES string of the molecule is Cc1cn([C@H]2C[C@H](OC3(c4ccccc4)c4ccccc4Oc4ccccc43)[C@@H](COP(OCCC#N)N(C(C)C)C(C)C)O2)c(=O)nc1NC(=O)C(C)C. The number of hydrogen-bond donors (Lipinski definition) is 1. The number of nitrogens with zero attached hydrogens (tertiary/aromatic N) is 4. The number of aryl methyl sites for hydroxylation is 1. The fourth-order valence-corrected chi connectivity index (χ4v) is 8.74. The Morgan fingerprint density at radius 3 is 2.20 bits per heavy atom. The van der Waals surface area contributed by atoms with Gasteiger partial charge in [0.15, 0.2) is 5.60 Å². The minimum atomic E-state index is -1.60. The van der Waals surface area contributed by atoms with Gasteiger partial charge in [0, 0.05) is 47.3 Å². The van der Waals surface area contributed by atoms with Crippen molar-refractivity contribution in [1.82, 2.24) is 14.2 Å². The van der Waals surface area contributed by atoms with Crippen LogP contribution in [0.3, 0.4) is 0 Å². The molecule has 1 N–H and O–H groups in total. The van der Waals surface area contributed by atoms with E-state index in [1.807, 2.05) is 78.9 Å². The lowest BCUT2D eigenvalue weighted by Gasteiger charge is -2.43. The van der Waals surface area contributed by atoms with E-state index < -0.39 is 38.3 Å². The number of amides is 1. The van der Waals surface area contributed by atoms with Crippen LogP contribution in [0.2, 0.25) is 0 Å². The number of rotatable bonds is 15. The van der Waals surface area contributed by atoms with Gasteiger partial charge in [-0.2, -0.15) is 10.2 Å². The van der Waals surface area contributed by atoms with Crippen molar-refractivity contribution in [1.29, 1.82) is 5.26 Å². The van der Waals surface area contributed by atoms with Crippen molar-refractivity contribution in [3.63, 3.8) is 0 Å². The molecule has 4 atom stereocenters. The molecule has 6 rings (SSSR count). The van der Waals surface area contributed by atoms with E-state index in [2.05, 4.69) is 48.7 Å². The van der Waals surface area contributed by atoms with Crippen molar-refractivity contribution in [2.45, 2.75) is 97.4 Å². The van der Waals surface area contributed by atoms with Crippen LogP contribution in [0.15, 0.2) is 89.9 Å². The molecule has 1 saturated heterocycles. The first-order chi connectivity index (χ1) is 26.4. The molecule has 3 aromatic carbocycles. The molecular weight excluding hydrogens is 717 g/mol. The van der Waals surface area contributed by atoms with Crippen LogP contribution >= 0.6 is 8.53 Å². The Hall–Kier alpha value is -4.47. The molecule has 0 bridgehead atoms. The van der Waals surface area contributed by atoms with Gasteiger partial charge in [-0.25, -0.2) is 9.46 Å². The number of hydrogen-bond acceptors (Lipinski definition) is 10. The highest BCUT2D eigenvalue weighted by molar-refractivity contribution is 7.44. The summed E-state index contributed by atoms with van der Waals surface area (Å²) in [7, 11) is -1.60. The van der Waals surface area contributed by atoms with Crippen molar-refractivity contribution in [2.75, 3.05) is 18.5 Å². The normalized spacial score (nSPS) is 19.2. The highest BCUT2D eigenvalue weighted by Gasteiger charge is 2.50. The summed E-state index contributed by atoms with van der Waals surface area (Å²) in [5.41, 5.74) is 1.47. The van der Waals surface area contributed by atoms with Crippen molar-refractivity contribution >= 4 is 20.3 Å². The minimum Gasteiger partial charge on any atom is -0.457 e. The maximum absolute atomic E-state index is 13.7. The third-order valence-corrected chi connectivity index (χ3v) is 11.7. The van der Waals surface area contributed by atoms with Crippen LogP contribution in [-0.2, 0) is 28.9 Å². The molecule has 2 aliphatic rings. The Kier molecular flexibility index (Phi) is 12.8. The number of aromatic nitrogens is 2. The minimum absolute atomic E-state index is 0.0731. The lowest BCUT2D eigenvalue weighted by atomic mass is 9.77. The summed E-state index contributed by atoms with van der Waals surface area (Å²) in [6, 6.07) is 28.1. The van der Waals surface area contributed by atoms with E-state index in [-0.39, 0.29) is 55.8 Å². The second kappa shape index (κ2) is 17.5. The third-order valence-electron chi connectivity index (χ3n) is 9.66. The maximum Gasteiger partial charge on any atom is 0.351 e. The van der Waals surface area contributed by atoms with Crippen LogP contribution in [0.5, 0.6) is 11.5 Å². The van der Waals surface area contributed by atoms with Crippen molar-refractivity contribution in [2.24, 2.45) is 5.92 Å². The van der Waals surface area contributed by atoms with E-state index in [9.17, 15) is 14.9 Å². The first-order valence-electron chi connectivity index (χ1n) is 18.8. The van der Waals surface area contributed by atoms with E-state index in [1.54, 1.807) is 27.0 Å². The fraction of sp³-hybridized carbons (Fsp3) is 0.429. The fourth-order valence-electron chi connectivity index (χ4n) is 7.12. The summed E-state index contributed by atoms with van der Waals surface area (Å²) in [4.78, 5) is 30.4. The Bertz CT molecular complexity index is 2000. The molecule has 12 nitrogen and oxygen atoms in total. The number of carbonyl (C=O) groups is 1. The van der Waals surface area contributed by atoms with E-state index in [0.717, 1.165) is 16.7 Å². The zero-order valence-corrected chi connectivity index (χ0v) is 33.4. The number of nitriles is 1. The Balaban J connectivity index is 1.43. The summed E-state index contributed by atoms with van der Waals surface area (Å²) in [6.45, 7) is 14.0. The van der Waals surface area contributed by atoms with E-state index in [0.29, 0.717) is 17.1 Å². The largest absolute Gasteiger partial charge is 0.457 e. The molecule has 3 heterocycles. The number of nitrogens with one attached hydrogen (secondary N) is 1. The molecule has 0 aliphatic carbocycles. The topological polar surface area (TPSA) is 137 Å². The van der Waals surface area contributed by atoms with Gasteiger partial charge in [-0.1, -0.05) is 80.6 Å². The van der Waals surface area contributed by atoms with E-state index >= 15 is 0 Å². The molecule has 4 aromatic rings. The number of ether oxygens (including phenoxy) is 3. The molecule has 0 spiro atoms. The van der Waals surface area contributed by atoms with Gasteiger partial charge in [0.05, 0.1) is 31.8 Å². The lowest BCUT2D eigenvalue weighted by molar-refractivity contribution is -0.118. The first-order valence-corrected chi connectivity index (χ1v) is 19.9. The second-order valence-corrected chi connectivity index (χ2v) is 16.1. The number of fused-ring (bicyclic) bond motifs is 2. The van der Waals surface area contributed by atoms with Gasteiger partial charge in [0.25, 0.3) is 8.53 Å². The van der Waals surface area contributed by atoms with Gasteiger partial charge in [-0.15, -0.1) is 0 Å². The molecule has 0 saturated carbocycles. The third kappa shape index (κ3) is 8.53. The van der Waals surface area contributed by atoms with Crippen molar-refractivity contribution < 1.29 is 28.1 Å². The summed E-state index contributed by atoms with van der Waals surface area (Å²) in [5, 5.41) is 12.0.